The van der Waals surface area contributed by atoms with Gasteiger partial charge < -0.3 is 5.73 Å². The standard InChI is InChI=1S/C12H10N4/c13-9-7-15-16(8-9)12-5-6-14-11-4-2-1-3-10(11)12/h1-8H,13H2. The molecule has 0 bridgehead atoms. The lowest BCUT2D eigenvalue weighted by molar-refractivity contribution is 0.886. The fourth-order valence-electron chi connectivity index (χ4n) is 1.75. The van der Waals surface area contributed by atoms with E-state index in [4.69, 9.17) is 5.73 Å². The summed E-state index contributed by atoms with van der Waals surface area (Å²) < 4.78 is 1.76. The van der Waals surface area contributed by atoms with Crippen LogP contribution in [0.15, 0.2) is 48.9 Å². The van der Waals surface area contributed by atoms with Crippen molar-refractivity contribution in [1.82, 2.24) is 14.8 Å². The van der Waals surface area contributed by atoms with Crippen LogP contribution in [-0.4, -0.2) is 14.8 Å². The molecule has 0 atom stereocenters. The number of anilines is 1. The summed E-state index contributed by atoms with van der Waals surface area (Å²) in [4.78, 5) is 4.30. The van der Waals surface area contributed by atoms with Crippen molar-refractivity contribution >= 4 is 16.6 Å². The van der Waals surface area contributed by atoms with Crippen LogP contribution < -0.4 is 5.73 Å². The third kappa shape index (κ3) is 1.32. The second kappa shape index (κ2) is 3.34. The van der Waals surface area contributed by atoms with E-state index in [0.29, 0.717) is 5.69 Å². The molecule has 2 N–H and O–H groups in total. The van der Waals surface area contributed by atoms with Gasteiger partial charge in [-0.25, -0.2) is 4.68 Å². The Hall–Kier alpha value is -2.36. The summed E-state index contributed by atoms with van der Waals surface area (Å²) in [5.74, 6) is 0. The Kier molecular flexibility index (Phi) is 1.86. The molecule has 4 heteroatoms. The highest BCUT2D eigenvalue weighted by molar-refractivity contribution is 5.86. The summed E-state index contributed by atoms with van der Waals surface area (Å²) in [7, 11) is 0. The van der Waals surface area contributed by atoms with Gasteiger partial charge in [-0.1, -0.05) is 18.2 Å². The molecule has 0 radical (unpaired) electrons. The molecule has 78 valence electrons. The Morgan fingerprint density at radius 2 is 2.00 bits per heavy atom. The first-order valence-corrected chi connectivity index (χ1v) is 4.99. The summed E-state index contributed by atoms with van der Waals surface area (Å²) in [5.41, 5.74) is 8.26. The number of nitrogens with zero attached hydrogens (tertiary/aromatic N) is 3. The molecule has 0 aliphatic rings. The minimum absolute atomic E-state index is 0.654. The van der Waals surface area contributed by atoms with Crippen molar-refractivity contribution in [3.63, 3.8) is 0 Å². The van der Waals surface area contributed by atoms with E-state index in [-0.39, 0.29) is 0 Å². The number of nitrogen functional groups attached to an aromatic ring is 1. The van der Waals surface area contributed by atoms with Crippen molar-refractivity contribution in [2.24, 2.45) is 0 Å². The largest absolute Gasteiger partial charge is 0.396 e. The zero-order chi connectivity index (χ0) is 11.0. The molecule has 0 amide bonds. The minimum Gasteiger partial charge on any atom is -0.396 e. The van der Waals surface area contributed by atoms with E-state index in [0.717, 1.165) is 16.6 Å². The van der Waals surface area contributed by atoms with E-state index in [1.165, 1.54) is 0 Å². The van der Waals surface area contributed by atoms with Gasteiger partial charge in [0, 0.05) is 11.6 Å². The van der Waals surface area contributed by atoms with Gasteiger partial charge in [-0.05, 0) is 12.1 Å². The van der Waals surface area contributed by atoms with E-state index in [1.807, 2.05) is 30.3 Å². The summed E-state index contributed by atoms with van der Waals surface area (Å²) in [5, 5.41) is 5.26. The van der Waals surface area contributed by atoms with E-state index in [1.54, 1.807) is 23.3 Å². The minimum atomic E-state index is 0.654. The lowest BCUT2D eigenvalue weighted by Gasteiger charge is -2.04. The van der Waals surface area contributed by atoms with Crippen LogP contribution in [0, 0.1) is 0 Å². The quantitative estimate of drug-likeness (QED) is 0.668. The Labute approximate surface area is 92.3 Å². The molecule has 0 fully saturated rings. The first-order chi connectivity index (χ1) is 7.84. The van der Waals surface area contributed by atoms with E-state index >= 15 is 0 Å². The molecule has 0 saturated heterocycles. The topological polar surface area (TPSA) is 56.7 Å². The van der Waals surface area contributed by atoms with Crippen molar-refractivity contribution in [1.29, 1.82) is 0 Å². The molecule has 2 aromatic heterocycles. The molecular weight excluding hydrogens is 200 g/mol. The third-order valence-corrected chi connectivity index (χ3v) is 2.48. The maximum Gasteiger partial charge on any atom is 0.0755 e. The normalized spacial score (nSPS) is 10.8. The fourth-order valence-corrected chi connectivity index (χ4v) is 1.75. The fraction of sp³-hybridized carbons (Fsp3) is 0. The Morgan fingerprint density at radius 1 is 1.12 bits per heavy atom. The van der Waals surface area contributed by atoms with Gasteiger partial charge in [0.2, 0.25) is 0 Å². The smallest absolute Gasteiger partial charge is 0.0755 e. The van der Waals surface area contributed by atoms with Crippen molar-refractivity contribution in [3.8, 4) is 5.69 Å². The average molecular weight is 210 g/mol. The molecule has 2 heterocycles. The molecule has 0 spiro atoms. The zero-order valence-electron chi connectivity index (χ0n) is 8.54. The summed E-state index contributed by atoms with van der Waals surface area (Å²) in [6, 6.07) is 9.88. The van der Waals surface area contributed by atoms with Crippen LogP contribution in [0.1, 0.15) is 0 Å². The van der Waals surface area contributed by atoms with Crippen LogP contribution in [0.3, 0.4) is 0 Å². The van der Waals surface area contributed by atoms with Crippen LogP contribution >= 0.6 is 0 Å². The summed E-state index contributed by atoms with van der Waals surface area (Å²) in [6.45, 7) is 0. The first kappa shape index (κ1) is 8.91. The molecule has 0 aliphatic carbocycles. The Morgan fingerprint density at radius 3 is 2.81 bits per heavy atom. The van der Waals surface area contributed by atoms with Crippen molar-refractivity contribution < 1.29 is 0 Å². The average Bonchev–Trinajstić information content (AvgIpc) is 2.75. The highest BCUT2D eigenvalue weighted by atomic mass is 15.3. The number of aromatic nitrogens is 3. The number of para-hydroxylation sites is 1. The maximum atomic E-state index is 5.66. The van der Waals surface area contributed by atoms with E-state index in [9.17, 15) is 0 Å². The van der Waals surface area contributed by atoms with Crippen molar-refractivity contribution in [2.75, 3.05) is 5.73 Å². The predicted octanol–water partition coefficient (Wildman–Crippen LogP) is 2.00. The molecular formula is C12H10N4. The van der Waals surface area contributed by atoms with Gasteiger partial charge in [-0.15, -0.1) is 0 Å². The zero-order valence-corrected chi connectivity index (χ0v) is 8.54. The molecule has 3 aromatic rings. The summed E-state index contributed by atoms with van der Waals surface area (Å²) >= 11 is 0. The van der Waals surface area contributed by atoms with Gasteiger partial charge in [-0.3, -0.25) is 4.98 Å². The highest BCUT2D eigenvalue weighted by Gasteiger charge is 2.03. The lowest BCUT2D eigenvalue weighted by atomic mass is 10.2. The number of benzene rings is 1. The van der Waals surface area contributed by atoms with Gasteiger partial charge >= 0.3 is 0 Å². The molecule has 1 aromatic carbocycles. The van der Waals surface area contributed by atoms with Crippen LogP contribution in [0.2, 0.25) is 0 Å². The molecule has 3 rings (SSSR count). The Balaban J connectivity index is 2.31. The monoisotopic (exact) mass is 210 g/mol. The second-order valence-electron chi connectivity index (χ2n) is 3.57. The molecule has 4 nitrogen and oxygen atoms in total. The van der Waals surface area contributed by atoms with Gasteiger partial charge in [0.25, 0.3) is 0 Å². The van der Waals surface area contributed by atoms with E-state index < -0.39 is 0 Å². The Bertz CT molecular complexity index is 637. The lowest BCUT2D eigenvalue weighted by Crippen LogP contribution is -1.96. The molecule has 16 heavy (non-hydrogen) atoms. The van der Waals surface area contributed by atoms with Crippen LogP contribution in [0.4, 0.5) is 5.69 Å². The number of hydrogen-bond acceptors (Lipinski definition) is 3. The van der Waals surface area contributed by atoms with Crippen LogP contribution in [-0.2, 0) is 0 Å². The number of hydrogen-bond donors (Lipinski definition) is 1. The number of fused-ring (bicyclic) bond motifs is 1. The van der Waals surface area contributed by atoms with Crippen LogP contribution in [0.5, 0.6) is 0 Å². The molecule has 0 saturated carbocycles. The van der Waals surface area contributed by atoms with Crippen molar-refractivity contribution in [3.05, 3.63) is 48.9 Å². The van der Waals surface area contributed by atoms with Gasteiger partial charge in [0.1, 0.15) is 0 Å². The highest BCUT2D eigenvalue weighted by Crippen LogP contribution is 2.19. The predicted molar refractivity (Wildman–Crippen MR) is 63.3 cm³/mol. The number of nitrogens with two attached hydrogens (primary N) is 1. The van der Waals surface area contributed by atoms with Gasteiger partial charge in [0.15, 0.2) is 0 Å². The van der Waals surface area contributed by atoms with Crippen molar-refractivity contribution in [2.45, 2.75) is 0 Å². The third-order valence-electron chi connectivity index (χ3n) is 2.48. The van der Waals surface area contributed by atoms with E-state index in [2.05, 4.69) is 10.1 Å². The van der Waals surface area contributed by atoms with Crippen LogP contribution in [0.25, 0.3) is 16.6 Å². The molecule has 0 aliphatic heterocycles. The summed E-state index contributed by atoms with van der Waals surface area (Å²) in [6.07, 6.45) is 5.20. The molecule has 0 unspecified atom stereocenters. The number of rotatable bonds is 1. The van der Waals surface area contributed by atoms with Gasteiger partial charge in [0.05, 0.1) is 29.3 Å². The number of pyridine rings is 1. The SMILES string of the molecule is Nc1cnn(-c2ccnc3ccccc23)c1. The first-order valence-electron chi connectivity index (χ1n) is 4.99. The second-order valence-corrected chi connectivity index (χ2v) is 3.57. The van der Waals surface area contributed by atoms with Gasteiger partial charge in [-0.2, -0.15) is 5.10 Å². The maximum absolute atomic E-state index is 5.66.